The summed E-state index contributed by atoms with van der Waals surface area (Å²) < 4.78 is 0. The van der Waals surface area contributed by atoms with E-state index in [1.165, 1.54) is 0 Å². The first-order valence-corrected chi connectivity index (χ1v) is 3.65. The van der Waals surface area contributed by atoms with Gasteiger partial charge in [-0.25, -0.2) is 0 Å². The lowest BCUT2D eigenvalue weighted by atomic mass is 9.88. The summed E-state index contributed by atoms with van der Waals surface area (Å²) in [5, 5.41) is 2.69. The van der Waals surface area contributed by atoms with Gasteiger partial charge in [-0.15, -0.1) is 6.42 Å². The topological polar surface area (TPSA) is 29.1 Å². The molecule has 0 aromatic carbocycles. The zero-order valence-corrected chi connectivity index (χ0v) is 7.56. The Balaban J connectivity index is 4.00. The van der Waals surface area contributed by atoms with E-state index in [0.717, 1.165) is 0 Å². The Bertz CT molecular complexity index is 183. The fourth-order valence-electron chi connectivity index (χ4n) is 0.455. The highest BCUT2D eigenvalue weighted by Gasteiger charge is 2.20. The van der Waals surface area contributed by atoms with Crippen molar-refractivity contribution in [3.63, 3.8) is 0 Å². The highest BCUT2D eigenvalue weighted by atomic mass is 16.1. The van der Waals surface area contributed by atoms with Crippen molar-refractivity contribution in [1.29, 1.82) is 0 Å². The molecule has 0 fully saturated rings. The second-order valence-corrected chi connectivity index (χ2v) is 3.71. The third kappa shape index (κ3) is 3.67. The van der Waals surface area contributed by atoms with Crippen LogP contribution in [-0.2, 0) is 4.79 Å². The van der Waals surface area contributed by atoms with Gasteiger partial charge in [-0.2, -0.15) is 0 Å². The molecule has 0 heterocycles. The summed E-state index contributed by atoms with van der Waals surface area (Å²) in [6, 6.07) is 0.103. The number of hydrogen-bond donors (Lipinski definition) is 1. The molecule has 62 valence electrons. The third-order valence-electron chi connectivity index (χ3n) is 1.78. The first kappa shape index (κ1) is 10.0. The van der Waals surface area contributed by atoms with E-state index in [0.29, 0.717) is 0 Å². The van der Waals surface area contributed by atoms with E-state index < -0.39 is 0 Å². The van der Waals surface area contributed by atoms with Crippen molar-refractivity contribution >= 4 is 5.91 Å². The Morgan fingerprint density at radius 1 is 1.55 bits per heavy atom. The molecular formula is C9H15NO. The molecule has 1 atom stereocenters. The van der Waals surface area contributed by atoms with E-state index in [9.17, 15) is 4.79 Å². The zero-order chi connectivity index (χ0) is 9.07. The van der Waals surface area contributed by atoms with Crippen LogP contribution in [0.4, 0.5) is 0 Å². The van der Waals surface area contributed by atoms with Crippen LogP contribution in [-0.4, -0.2) is 11.9 Å². The van der Waals surface area contributed by atoms with E-state index >= 15 is 0 Å². The maximum Gasteiger partial charge on any atom is 0.295 e. The molecule has 1 amide bonds. The molecule has 0 aliphatic rings. The van der Waals surface area contributed by atoms with Gasteiger partial charge in [0.25, 0.3) is 5.91 Å². The number of nitrogens with one attached hydrogen (secondary N) is 1. The lowest BCUT2D eigenvalue weighted by Crippen LogP contribution is -2.40. The van der Waals surface area contributed by atoms with E-state index in [1.54, 1.807) is 0 Å². The molecule has 0 saturated carbocycles. The van der Waals surface area contributed by atoms with Gasteiger partial charge in [0.05, 0.1) is 0 Å². The normalized spacial score (nSPS) is 13.4. The first-order chi connectivity index (χ1) is 4.88. The van der Waals surface area contributed by atoms with Crippen molar-refractivity contribution in [3.8, 4) is 12.3 Å². The van der Waals surface area contributed by atoms with Crippen LogP contribution in [0.3, 0.4) is 0 Å². The van der Waals surface area contributed by atoms with Gasteiger partial charge in [0.1, 0.15) is 0 Å². The van der Waals surface area contributed by atoms with Gasteiger partial charge in [0.15, 0.2) is 0 Å². The number of carbonyl (C=O) groups is 1. The predicted octanol–water partition coefficient (Wildman–Crippen LogP) is 1.17. The largest absolute Gasteiger partial charge is 0.342 e. The number of hydrogen-bond acceptors (Lipinski definition) is 1. The molecule has 0 radical (unpaired) electrons. The number of terminal acetylenes is 1. The minimum absolute atomic E-state index is 0.0620. The van der Waals surface area contributed by atoms with Gasteiger partial charge < -0.3 is 5.32 Å². The van der Waals surface area contributed by atoms with Crippen molar-refractivity contribution in [2.45, 2.75) is 33.7 Å². The maximum atomic E-state index is 10.7. The Morgan fingerprint density at radius 2 is 2.00 bits per heavy atom. The minimum atomic E-state index is -0.340. The van der Waals surface area contributed by atoms with Crippen LogP contribution in [0.25, 0.3) is 0 Å². The summed E-state index contributed by atoms with van der Waals surface area (Å²) in [6.07, 6.45) is 4.90. The number of amides is 1. The third-order valence-corrected chi connectivity index (χ3v) is 1.78. The van der Waals surface area contributed by atoms with Crippen LogP contribution < -0.4 is 5.32 Å². The molecule has 0 aliphatic heterocycles. The summed E-state index contributed by atoms with van der Waals surface area (Å²) >= 11 is 0. The Morgan fingerprint density at radius 3 is 2.27 bits per heavy atom. The maximum absolute atomic E-state index is 10.7. The smallest absolute Gasteiger partial charge is 0.295 e. The van der Waals surface area contributed by atoms with Crippen molar-refractivity contribution in [2.24, 2.45) is 5.41 Å². The molecule has 0 aliphatic carbocycles. The molecule has 0 aromatic heterocycles. The molecule has 2 heteroatoms. The lowest BCUT2D eigenvalue weighted by molar-refractivity contribution is -0.116. The second kappa shape index (κ2) is 3.43. The average molecular weight is 153 g/mol. The molecular weight excluding hydrogens is 138 g/mol. The van der Waals surface area contributed by atoms with Crippen LogP contribution in [0.1, 0.15) is 27.7 Å². The Labute approximate surface area is 68.4 Å². The monoisotopic (exact) mass is 153 g/mol. The summed E-state index contributed by atoms with van der Waals surface area (Å²) in [6.45, 7) is 8.09. The van der Waals surface area contributed by atoms with Gasteiger partial charge in [0, 0.05) is 6.04 Å². The number of rotatable bonds is 1. The van der Waals surface area contributed by atoms with E-state index in [1.807, 2.05) is 12.8 Å². The molecule has 2 nitrogen and oxygen atoms in total. The van der Waals surface area contributed by atoms with E-state index in [-0.39, 0.29) is 17.4 Å². The van der Waals surface area contributed by atoms with Crippen molar-refractivity contribution in [3.05, 3.63) is 0 Å². The van der Waals surface area contributed by atoms with Gasteiger partial charge in [-0.05, 0) is 18.3 Å². The van der Waals surface area contributed by atoms with Crippen molar-refractivity contribution in [1.82, 2.24) is 5.32 Å². The summed E-state index contributed by atoms with van der Waals surface area (Å²) in [5.74, 6) is 1.68. The SMILES string of the molecule is C#CC(=O)NC(C)C(C)(C)C. The van der Waals surface area contributed by atoms with Gasteiger partial charge in [-0.3, -0.25) is 4.79 Å². The molecule has 1 unspecified atom stereocenters. The Hall–Kier alpha value is -0.970. The van der Waals surface area contributed by atoms with Crippen molar-refractivity contribution in [2.75, 3.05) is 0 Å². The van der Waals surface area contributed by atoms with Gasteiger partial charge in [-0.1, -0.05) is 20.8 Å². The van der Waals surface area contributed by atoms with Crippen LogP contribution in [0.15, 0.2) is 0 Å². The molecule has 1 N–H and O–H groups in total. The molecule has 0 saturated heterocycles. The standard InChI is InChI=1S/C9H15NO/c1-6-8(11)10-7(2)9(3,4)5/h1,7H,2-5H3,(H,10,11). The molecule has 0 aromatic rings. The summed E-state index contributed by atoms with van der Waals surface area (Å²) in [5.41, 5.74) is 0.0620. The van der Waals surface area contributed by atoms with Crippen LogP contribution in [0.2, 0.25) is 0 Å². The molecule has 0 spiro atoms. The first-order valence-electron chi connectivity index (χ1n) is 3.65. The average Bonchev–Trinajstić information content (AvgIpc) is 1.85. The highest BCUT2D eigenvalue weighted by Crippen LogP contribution is 2.17. The Kier molecular flexibility index (Phi) is 3.13. The fraction of sp³-hybridized carbons (Fsp3) is 0.667. The summed E-state index contributed by atoms with van der Waals surface area (Å²) in [7, 11) is 0. The minimum Gasteiger partial charge on any atom is -0.342 e. The zero-order valence-electron chi connectivity index (χ0n) is 7.56. The van der Waals surface area contributed by atoms with Crippen LogP contribution in [0.5, 0.6) is 0 Å². The molecule has 11 heavy (non-hydrogen) atoms. The van der Waals surface area contributed by atoms with Gasteiger partial charge >= 0.3 is 0 Å². The van der Waals surface area contributed by atoms with Gasteiger partial charge in [0.2, 0.25) is 0 Å². The van der Waals surface area contributed by atoms with E-state index in [4.69, 9.17) is 6.42 Å². The second-order valence-electron chi connectivity index (χ2n) is 3.71. The quantitative estimate of drug-likeness (QED) is 0.563. The molecule has 0 rings (SSSR count). The van der Waals surface area contributed by atoms with Crippen LogP contribution in [0, 0.1) is 17.8 Å². The molecule has 0 bridgehead atoms. The lowest BCUT2D eigenvalue weighted by Gasteiger charge is -2.27. The van der Waals surface area contributed by atoms with Crippen LogP contribution >= 0.6 is 0 Å². The predicted molar refractivity (Wildman–Crippen MR) is 45.9 cm³/mol. The van der Waals surface area contributed by atoms with Crippen molar-refractivity contribution < 1.29 is 4.79 Å². The number of carbonyl (C=O) groups excluding carboxylic acids is 1. The highest BCUT2D eigenvalue weighted by molar-refractivity contribution is 5.93. The van der Waals surface area contributed by atoms with E-state index in [2.05, 4.69) is 26.1 Å². The fourth-order valence-corrected chi connectivity index (χ4v) is 0.455. The summed E-state index contributed by atoms with van der Waals surface area (Å²) in [4.78, 5) is 10.7.